The van der Waals surface area contributed by atoms with Crippen LogP contribution in [0, 0.1) is 12.8 Å². The highest BCUT2D eigenvalue weighted by molar-refractivity contribution is 7.12. The van der Waals surface area contributed by atoms with Crippen molar-refractivity contribution in [1.29, 1.82) is 0 Å². The van der Waals surface area contributed by atoms with E-state index in [0.717, 1.165) is 17.8 Å². The molecule has 5 nitrogen and oxygen atoms in total. The normalized spacial score (nSPS) is 33.8. The van der Waals surface area contributed by atoms with Gasteiger partial charge in [0.15, 0.2) is 0 Å². The molecule has 2 aliphatic heterocycles. The lowest BCUT2D eigenvalue weighted by Crippen LogP contribution is -2.51. The molecular formula is C18H28N2O3S. The Hall–Kier alpha value is -0.950. The quantitative estimate of drug-likeness (QED) is 0.867. The molecule has 2 saturated heterocycles. The number of ether oxygens (including phenoxy) is 1. The maximum Gasteiger partial charge on any atom is 0.227 e. The van der Waals surface area contributed by atoms with Crippen molar-refractivity contribution in [3.63, 3.8) is 0 Å². The first kappa shape index (κ1) is 17.9. The van der Waals surface area contributed by atoms with Crippen LogP contribution in [-0.4, -0.2) is 60.4 Å². The highest BCUT2D eigenvalue weighted by Crippen LogP contribution is 2.33. The van der Waals surface area contributed by atoms with E-state index >= 15 is 0 Å². The largest absolute Gasteiger partial charge is 0.388 e. The molecule has 24 heavy (non-hydrogen) atoms. The molecule has 2 fully saturated rings. The van der Waals surface area contributed by atoms with Crippen LogP contribution in [0.5, 0.6) is 0 Å². The third-order valence-electron chi connectivity index (χ3n) is 5.39. The zero-order valence-corrected chi connectivity index (χ0v) is 15.6. The highest BCUT2D eigenvalue weighted by atomic mass is 32.1. The Labute approximate surface area is 148 Å². The molecule has 2 N–H and O–H groups in total. The van der Waals surface area contributed by atoms with Crippen molar-refractivity contribution >= 4 is 17.2 Å². The van der Waals surface area contributed by atoms with Crippen molar-refractivity contribution in [2.45, 2.75) is 50.9 Å². The minimum Gasteiger partial charge on any atom is -0.388 e. The first-order valence-corrected chi connectivity index (χ1v) is 9.55. The van der Waals surface area contributed by atoms with Gasteiger partial charge >= 0.3 is 0 Å². The average molecular weight is 353 g/mol. The predicted octanol–water partition coefficient (Wildman–Crippen LogP) is 1.58. The van der Waals surface area contributed by atoms with Crippen LogP contribution in [0.4, 0.5) is 0 Å². The Kier molecular flexibility index (Phi) is 5.30. The molecule has 0 bridgehead atoms. The molecule has 1 aromatic heterocycles. The lowest BCUT2D eigenvalue weighted by Gasteiger charge is -2.39. The predicted molar refractivity (Wildman–Crippen MR) is 95.3 cm³/mol. The minimum absolute atomic E-state index is 0.0682. The molecule has 0 radical (unpaired) electrons. The minimum atomic E-state index is -0.814. The zero-order valence-electron chi connectivity index (χ0n) is 14.7. The molecule has 3 rings (SSSR count). The summed E-state index contributed by atoms with van der Waals surface area (Å²) in [5.41, 5.74) is -0.814. The van der Waals surface area contributed by atoms with Crippen LogP contribution in [0.25, 0.3) is 0 Å². The van der Waals surface area contributed by atoms with Crippen LogP contribution in [0.3, 0.4) is 0 Å². The summed E-state index contributed by atoms with van der Waals surface area (Å²) in [4.78, 5) is 17.0. The summed E-state index contributed by atoms with van der Waals surface area (Å²) in [6.07, 6.45) is 2.13. The summed E-state index contributed by atoms with van der Waals surface area (Å²) < 4.78 is 6.04. The number of nitrogens with zero attached hydrogens (tertiary/aromatic N) is 1. The summed E-state index contributed by atoms with van der Waals surface area (Å²) in [5.74, 6) is 0.380. The van der Waals surface area contributed by atoms with Gasteiger partial charge in [0.2, 0.25) is 5.91 Å². The summed E-state index contributed by atoms with van der Waals surface area (Å²) in [5, 5.41) is 13.9. The number of rotatable bonds is 3. The summed E-state index contributed by atoms with van der Waals surface area (Å²) in [7, 11) is 1.86. The standard InChI is InChI=1S/C18H28N2O3S/c1-12-4-5-14(24-12)8-17(21)20-7-6-15-13(10-20)9-18(2,22)16(19-3)11-23-15/h4-5,13,15-16,19,22H,6-11H2,1-3H3/t13-,15+,16+,18+/m0/s1. The summed E-state index contributed by atoms with van der Waals surface area (Å²) >= 11 is 1.69. The molecule has 0 aliphatic carbocycles. The van der Waals surface area contributed by atoms with Crippen molar-refractivity contribution in [1.82, 2.24) is 10.2 Å². The number of fused-ring (bicyclic) bond motifs is 1. The van der Waals surface area contributed by atoms with Crippen LogP contribution in [0.1, 0.15) is 29.5 Å². The van der Waals surface area contributed by atoms with E-state index in [9.17, 15) is 9.90 Å². The van der Waals surface area contributed by atoms with E-state index in [1.165, 1.54) is 4.88 Å². The Morgan fingerprint density at radius 3 is 3.00 bits per heavy atom. The Morgan fingerprint density at radius 1 is 1.54 bits per heavy atom. The molecule has 0 unspecified atom stereocenters. The molecule has 0 saturated carbocycles. The van der Waals surface area contributed by atoms with Crippen molar-refractivity contribution in [2.75, 3.05) is 26.7 Å². The number of likely N-dealkylation sites (N-methyl/N-ethyl adjacent to an activating group) is 1. The van der Waals surface area contributed by atoms with E-state index in [-0.39, 0.29) is 24.0 Å². The fraction of sp³-hybridized carbons (Fsp3) is 0.722. The van der Waals surface area contributed by atoms with Crippen LogP contribution in [0.15, 0.2) is 12.1 Å². The molecule has 6 heteroatoms. The number of carbonyl (C=O) groups is 1. The highest BCUT2D eigenvalue weighted by Gasteiger charge is 2.43. The second-order valence-corrected chi connectivity index (χ2v) is 8.72. The Bertz CT molecular complexity index is 587. The fourth-order valence-electron chi connectivity index (χ4n) is 3.96. The van der Waals surface area contributed by atoms with Gasteiger partial charge in [-0.3, -0.25) is 4.79 Å². The van der Waals surface area contributed by atoms with E-state index < -0.39 is 5.60 Å². The molecule has 4 atom stereocenters. The van der Waals surface area contributed by atoms with Crippen LogP contribution < -0.4 is 5.32 Å². The van der Waals surface area contributed by atoms with E-state index in [1.807, 2.05) is 24.9 Å². The Morgan fingerprint density at radius 2 is 2.33 bits per heavy atom. The van der Waals surface area contributed by atoms with E-state index in [2.05, 4.69) is 18.3 Å². The van der Waals surface area contributed by atoms with Crippen LogP contribution >= 0.6 is 11.3 Å². The van der Waals surface area contributed by atoms with Crippen molar-refractivity contribution in [3.8, 4) is 0 Å². The van der Waals surface area contributed by atoms with Crippen LogP contribution in [0.2, 0.25) is 0 Å². The van der Waals surface area contributed by atoms with Gasteiger partial charge in [0.1, 0.15) is 0 Å². The van der Waals surface area contributed by atoms with Gasteiger partial charge in [0, 0.05) is 28.8 Å². The van der Waals surface area contributed by atoms with E-state index in [1.54, 1.807) is 11.3 Å². The molecule has 3 heterocycles. The zero-order chi connectivity index (χ0) is 17.3. The number of hydrogen-bond acceptors (Lipinski definition) is 5. The number of amides is 1. The first-order valence-electron chi connectivity index (χ1n) is 8.73. The number of aliphatic hydroxyl groups is 1. The van der Waals surface area contributed by atoms with Gasteiger partial charge in [-0.25, -0.2) is 0 Å². The number of piperidine rings is 1. The number of thiophene rings is 1. The van der Waals surface area contributed by atoms with Gasteiger partial charge in [-0.15, -0.1) is 11.3 Å². The molecule has 0 aromatic carbocycles. The molecular weight excluding hydrogens is 324 g/mol. The number of nitrogens with one attached hydrogen (secondary N) is 1. The fourth-order valence-corrected chi connectivity index (χ4v) is 4.84. The lowest BCUT2D eigenvalue weighted by atomic mass is 9.82. The number of carbonyl (C=O) groups excluding carboxylic acids is 1. The lowest BCUT2D eigenvalue weighted by molar-refractivity contribution is -0.135. The second-order valence-electron chi connectivity index (χ2n) is 7.35. The van der Waals surface area contributed by atoms with Gasteiger partial charge < -0.3 is 20.1 Å². The van der Waals surface area contributed by atoms with Crippen molar-refractivity contribution < 1.29 is 14.6 Å². The number of aryl methyl sites for hydroxylation is 1. The SMILES string of the molecule is CN[C@@H]1CO[C@@H]2CCN(C(=O)Cc3ccc(C)s3)C[C@@H]2C[C@@]1(C)O. The topological polar surface area (TPSA) is 61.8 Å². The first-order chi connectivity index (χ1) is 11.4. The van der Waals surface area contributed by atoms with E-state index in [0.29, 0.717) is 26.0 Å². The van der Waals surface area contributed by atoms with Crippen molar-refractivity contribution in [3.05, 3.63) is 21.9 Å². The third kappa shape index (κ3) is 3.82. The third-order valence-corrected chi connectivity index (χ3v) is 6.39. The van der Waals surface area contributed by atoms with Gasteiger partial charge in [-0.2, -0.15) is 0 Å². The smallest absolute Gasteiger partial charge is 0.227 e. The average Bonchev–Trinajstić information content (AvgIpc) is 2.87. The molecule has 1 aromatic rings. The maximum atomic E-state index is 12.6. The van der Waals surface area contributed by atoms with E-state index in [4.69, 9.17) is 4.74 Å². The van der Waals surface area contributed by atoms with Crippen LogP contribution in [-0.2, 0) is 16.0 Å². The number of hydrogen-bond donors (Lipinski definition) is 2. The van der Waals surface area contributed by atoms with Gasteiger partial charge in [0.25, 0.3) is 0 Å². The van der Waals surface area contributed by atoms with Crippen molar-refractivity contribution in [2.24, 2.45) is 5.92 Å². The van der Waals surface area contributed by atoms with Gasteiger partial charge in [-0.05, 0) is 45.9 Å². The monoisotopic (exact) mass is 352 g/mol. The van der Waals surface area contributed by atoms with Gasteiger partial charge in [-0.1, -0.05) is 0 Å². The molecule has 2 aliphatic rings. The number of likely N-dealkylation sites (tertiary alicyclic amines) is 1. The molecule has 0 spiro atoms. The molecule has 1 amide bonds. The Balaban J connectivity index is 1.64. The summed E-state index contributed by atoms with van der Waals surface area (Å²) in [6.45, 7) is 5.88. The van der Waals surface area contributed by atoms with Gasteiger partial charge in [0.05, 0.1) is 30.8 Å². The molecule has 134 valence electrons. The second kappa shape index (κ2) is 7.12. The summed E-state index contributed by atoms with van der Waals surface area (Å²) in [6, 6.07) is 4.04. The maximum absolute atomic E-state index is 12.6.